The van der Waals surface area contributed by atoms with E-state index >= 15 is 0 Å². The summed E-state index contributed by atoms with van der Waals surface area (Å²) < 4.78 is 0. The van der Waals surface area contributed by atoms with Crippen LogP contribution in [0, 0.1) is 12.8 Å². The van der Waals surface area contributed by atoms with Crippen LogP contribution in [0.5, 0.6) is 0 Å². The standard InChI is InChI=1S/C16H21ClN2S/c1-11-5-6-14(13(17)8-11)18-15-19-16(10-20-15)7-3-4-12(2)9-16/h5-6,8,12H,3-4,7,9-10H2,1-2H3,(H,18,19). The number of benzene rings is 1. The molecule has 1 spiro atoms. The average molecular weight is 309 g/mol. The maximum atomic E-state index is 6.28. The molecule has 1 aliphatic heterocycles. The van der Waals surface area contributed by atoms with Gasteiger partial charge >= 0.3 is 0 Å². The van der Waals surface area contributed by atoms with Gasteiger partial charge in [0.05, 0.1) is 16.2 Å². The van der Waals surface area contributed by atoms with Gasteiger partial charge in [-0.1, -0.05) is 49.2 Å². The summed E-state index contributed by atoms with van der Waals surface area (Å²) in [5.41, 5.74) is 2.32. The van der Waals surface area contributed by atoms with Crippen molar-refractivity contribution in [3.63, 3.8) is 0 Å². The fourth-order valence-corrected chi connectivity index (χ4v) is 4.70. The van der Waals surface area contributed by atoms with Gasteiger partial charge in [0.25, 0.3) is 0 Å². The molecule has 2 nitrogen and oxygen atoms in total. The van der Waals surface area contributed by atoms with E-state index < -0.39 is 0 Å². The van der Waals surface area contributed by atoms with Gasteiger partial charge in [0, 0.05) is 5.75 Å². The van der Waals surface area contributed by atoms with Crippen molar-refractivity contribution in [2.24, 2.45) is 10.9 Å². The third-order valence-electron chi connectivity index (χ3n) is 4.25. The molecule has 0 bridgehead atoms. The van der Waals surface area contributed by atoms with Crippen LogP contribution in [0.15, 0.2) is 23.2 Å². The summed E-state index contributed by atoms with van der Waals surface area (Å²) in [6, 6.07) is 6.10. The Morgan fingerprint density at radius 3 is 3.05 bits per heavy atom. The number of rotatable bonds is 1. The molecular weight excluding hydrogens is 288 g/mol. The van der Waals surface area contributed by atoms with Crippen molar-refractivity contribution in [2.45, 2.75) is 45.1 Å². The van der Waals surface area contributed by atoms with E-state index in [0.717, 1.165) is 27.5 Å². The maximum Gasteiger partial charge on any atom is 0.161 e. The lowest BCUT2D eigenvalue weighted by molar-refractivity contribution is 0.266. The summed E-state index contributed by atoms with van der Waals surface area (Å²) in [6.45, 7) is 4.40. The minimum Gasteiger partial charge on any atom is -0.334 e. The van der Waals surface area contributed by atoms with Crippen LogP contribution in [-0.2, 0) is 0 Å². The normalized spacial score (nSPS) is 29.6. The molecule has 0 saturated heterocycles. The van der Waals surface area contributed by atoms with Crippen molar-refractivity contribution in [1.29, 1.82) is 0 Å². The van der Waals surface area contributed by atoms with Gasteiger partial charge in [-0.25, -0.2) is 0 Å². The number of nitrogens with zero attached hydrogens (tertiary/aromatic N) is 1. The summed E-state index contributed by atoms with van der Waals surface area (Å²) in [7, 11) is 0. The highest BCUT2D eigenvalue weighted by atomic mass is 35.5. The number of thioether (sulfide) groups is 1. The van der Waals surface area contributed by atoms with Crippen LogP contribution in [0.3, 0.4) is 0 Å². The monoisotopic (exact) mass is 308 g/mol. The van der Waals surface area contributed by atoms with E-state index in [0.29, 0.717) is 0 Å². The molecule has 108 valence electrons. The van der Waals surface area contributed by atoms with Crippen molar-refractivity contribution in [1.82, 2.24) is 0 Å². The largest absolute Gasteiger partial charge is 0.334 e. The zero-order chi connectivity index (χ0) is 14.2. The second-order valence-corrected chi connectivity index (χ2v) is 7.61. The van der Waals surface area contributed by atoms with Crippen molar-refractivity contribution >= 4 is 34.2 Å². The molecule has 1 aliphatic carbocycles. The molecule has 3 rings (SSSR count). The molecule has 1 aromatic carbocycles. The zero-order valence-corrected chi connectivity index (χ0v) is 13.7. The number of hydrogen-bond acceptors (Lipinski definition) is 3. The number of hydrogen-bond donors (Lipinski definition) is 1. The van der Waals surface area contributed by atoms with E-state index in [2.05, 4.69) is 25.2 Å². The van der Waals surface area contributed by atoms with Crippen LogP contribution >= 0.6 is 23.4 Å². The van der Waals surface area contributed by atoms with Gasteiger partial charge in [0.1, 0.15) is 0 Å². The summed E-state index contributed by atoms with van der Waals surface area (Å²) >= 11 is 8.12. The highest BCUT2D eigenvalue weighted by Gasteiger charge is 2.39. The lowest BCUT2D eigenvalue weighted by Gasteiger charge is -2.33. The Morgan fingerprint density at radius 1 is 1.45 bits per heavy atom. The third-order valence-corrected chi connectivity index (χ3v) is 5.71. The van der Waals surface area contributed by atoms with Crippen molar-refractivity contribution in [3.8, 4) is 0 Å². The molecule has 20 heavy (non-hydrogen) atoms. The van der Waals surface area contributed by atoms with Crippen LogP contribution in [0.4, 0.5) is 5.69 Å². The average Bonchev–Trinajstić information content (AvgIpc) is 2.75. The van der Waals surface area contributed by atoms with Gasteiger partial charge in [0.15, 0.2) is 5.17 Å². The molecule has 4 heteroatoms. The van der Waals surface area contributed by atoms with Crippen LogP contribution in [0.25, 0.3) is 0 Å². The lowest BCUT2D eigenvalue weighted by Crippen LogP contribution is -2.33. The van der Waals surface area contributed by atoms with Crippen molar-refractivity contribution < 1.29 is 0 Å². The summed E-state index contributed by atoms with van der Waals surface area (Å²) in [5, 5.41) is 5.21. The number of halogens is 1. The molecule has 2 aliphatic rings. The Morgan fingerprint density at radius 2 is 2.30 bits per heavy atom. The highest BCUT2D eigenvalue weighted by Crippen LogP contribution is 2.42. The smallest absolute Gasteiger partial charge is 0.161 e. The van der Waals surface area contributed by atoms with Gasteiger partial charge in [-0.15, -0.1) is 0 Å². The number of aryl methyl sites for hydroxylation is 1. The summed E-state index contributed by atoms with van der Waals surface area (Å²) in [6.07, 6.45) is 5.13. The fourth-order valence-electron chi connectivity index (χ4n) is 3.25. The fraction of sp³-hybridized carbons (Fsp3) is 0.562. The minimum atomic E-state index is 0.182. The molecule has 2 unspecified atom stereocenters. The maximum absolute atomic E-state index is 6.28. The Labute approximate surface area is 130 Å². The first-order valence-corrected chi connectivity index (χ1v) is 8.69. The minimum absolute atomic E-state index is 0.182. The number of nitrogens with one attached hydrogen (secondary N) is 1. The highest BCUT2D eigenvalue weighted by molar-refractivity contribution is 8.14. The van der Waals surface area contributed by atoms with E-state index in [4.69, 9.17) is 16.6 Å². The van der Waals surface area contributed by atoms with Crippen LogP contribution in [-0.4, -0.2) is 16.5 Å². The predicted molar refractivity (Wildman–Crippen MR) is 90.1 cm³/mol. The SMILES string of the molecule is Cc1ccc(NC2=NC3(CCCC(C)C3)CS2)c(Cl)c1. The zero-order valence-electron chi connectivity index (χ0n) is 12.1. The van der Waals surface area contributed by atoms with Crippen LogP contribution < -0.4 is 5.32 Å². The Kier molecular flexibility index (Phi) is 4.00. The lowest BCUT2D eigenvalue weighted by atomic mass is 9.78. The van der Waals surface area contributed by atoms with Gasteiger partial charge in [-0.05, 0) is 43.4 Å². The molecule has 0 radical (unpaired) electrons. The second-order valence-electron chi connectivity index (χ2n) is 6.24. The first kappa shape index (κ1) is 14.3. The first-order chi connectivity index (χ1) is 9.56. The van der Waals surface area contributed by atoms with E-state index in [1.807, 2.05) is 23.9 Å². The second kappa shape index (κ2) is 5.61. The summed E-state index contributed by atoms with van der Waals surface area (Å²) in [5.74, 6) is 1.92. The van der Waals surface area contributed by atoms with E-state index in [1.165, 1.54) is 31.2 Å². The quantitative estimate of drug-likeness (QED) is 0.779. The molecule has 1 aromatic rings. The Hall–Kier alpha value is -0.670. The number of anilines is 1. The van der Waals surface area contributed by atoms with Crippen LogP contribution in [0.1, 0.15) is 38.2 Å². The molecule has 1 heterocycles. The molecule has 0 amide bonds. The molecular formula is C16H21ClN2S. The van der Waals surface area contributed by atoms with Crippen molar-refractivity contribution in [3.05, 3.63) is 28.8 Å². The molecule has 1 fully saturated rings. The van der Waals surface area contributed by atoms with Crippen LogP contribution in [0.2, 0.25) is 5.02 Å². The topological polar surface area (TPSA) is 24.4 Å². The molecule has 1 N–H and O–H groups in total. The van der Waals surface area contributed by atoms with Gasteiger partial charge in [-0.3, -0.25) is 4.99 Å². The number of amidine groups is 1. The first-order valence-electron chi connectivity index (χ1n) is 7.32. The number of aliphatic imine (C=N–C) groups is 1. The molecule has 1 saturated carbocycles. The van der Waals surface area contributed by atoms with Gasteiger partial charge in [0.2, 0.25) is 0 Å². The van der Waals surface area contributed by atoms with Gasteiger partial charge < -0.3 is 5.32 Å². The van der Waals surface area contributed by atoms with E-state index in [-0.39, 0.29) is 5.54 Å². The Balaban J connectivity index is 1.75. The Bertz CT molecular complexity index is 543. The predicted octanol–water partition coefficient (Wildman–Crippen LogP) is 5.11. The third kappa shape index (κ3) is 2.99. The van der Waals surface area contributed by atoms with E-state index in [1.54, 1.807) is 0 Å². The summed E-state index contributed by atoms with van der Waals surface area (Å²) in [4.78, 5) is 5.00. The molecule has 0 aromatic heterocycles. The van der Waals surface area contributed by atoms with Crippen molar-refractivity contribution in [2.75, 3.05) is 11.1 Å². The molecule has 2 atom stereocenters. The van der Waals surface area contributed by atoms with Gasteiger partial charge in [-0.2, -0.15) is 0 Å². The van der Waals surface area contributed by atoms with E-state index in [9.17, 15) is 0 Å².